The molecular weight excluding hydrogens is 408 g/mol. The highest BCUT2D eigenvalue weighted by Gasteiger charge is 2.28. The minimum atomic E-state index is -0.493. The molecule has 1 aromatic rings. The second-order valence-electron chi connectivity index (χ2n) is 7.96. The topological polar surface area (TPSA) is 99.8 Å². The lowest BCUT2D eigenvalue weighted by Gasteiger charge is -2.34. The number of nitrogens with zero attached hydrogens (tertiary/aromatic N) is 1. The molecular formula is C21H31ClN4O4. The van der Waals surface area contributed by atoms with Crippen LogP contribution in [0.4, 0.5) is 10.5 Å². The van der Waals surface area contributed by atoms with Crippen LogP contribution in [-0.4, -0.2) is 56.0 Å². The second-order valence-corrected chi connectivity index (χ2v) is 8.40. The van der Waals surface area contributed by atoms with Gasteiger partial charge in [-0.1, -0.05) is 38.3 Å². The molecule has 1 aliphatic carbocycles. The molecule has 0 aliphatic heterocycles. The van der Waals surface area contributed by atoms with Crippen molar-refractivity contribution in [2.45, 2.75) is 39.2 Å². The average Bonchev–Trinajstić information content (AvgIpc) is 2.65. The highest BCUT2D eigenvalue weighted by molar-refractivity contribution is 6.31. The number of rotatable bonds is 7. The Morgan fingerprint density at radius 3 is 2.57 bits per heavy atom. The van der Waals surface area contributed by atoms with Gasteiger partial charge in [-0.25, -0.2) is 4.79 Å². The third kappa shape index (κ3) is 7.18. The fraction of sp³-hybridized carbons (Fsp3) is 0.571. The molecule has 2 rings (SSSR count). The molecule has 1 fully saturated rings. The number of hydrogen-bond donors (Lipinski definition) is 3. The Balaban J connectivity index is 1.78. The van der Waals surface area contributed by atoms with Crippen molar-refractivity contribution >= 4 is 35.1 Å². The lowest BCUT2D eigenvalue weighted by Crippen LogP contribution is -2.51. The molecule has 9 heteroatoms. The van der Waals surface area contributed by atoms with Gasteiger partial charge in [0.05, 0.1) is 25.9 Å². The number of benzene rings is 1. The summed E-state index contributed by atoms with van der Waals surface area (Å²) >= 11 is 5.96. The number of anilines is 1. The van der Waals surface area contributed by atoms with Crippen LogP contribution in [0, 0.1) is 11.8 Å². The van der Waals surface area contributed by atoms with E-state index in [2.05, 4.69) is 29.8 Å². The van der Waals surface area contributed by atoms with E-state index in [0.717, 1.165) is 19.3 Å². The van der Waals surface area contributed by atoms with E-state index in [9.17, 15) is 14.4 Å². The Morgan fingerprint density at radius 2 is 1.87 bits per heavy atom. The van der Waals surface area contributed by atoms with E-state index in [1.807, 2.05) is 0 Å². The van der Waals surface area contributed by atoms with Crippen LogP contribution in [0.3, 0.4) is 0 Å². The molecule has 0 heterocycles. The van der Waals surface area contributed by atoms with Crippen LogP contribution in [0.1, 0.15) is 33.1 Å². The first-order valence-corrected chi connectivity index (χ1v) is 10.5. The number of urea groups is 1. The molecule has 166 valence electrons. The number of ether oxygens (including phenoxy) is 1. The fourth-order valence-electron chi connectivity index (χ4n) is 3.67. The molecule has 3 atom stereocenters. The Labute approximate surface area is 182 Å². The number of amides is 4. The molecule has 0 unspecified atom stereocenters. The predicted molar refractivity (Wildman–Crippen MR) is 117 cm³/mol. The van der Waals surface area contributed by atoms with Gasteiger partial charge in [0.15, 0.2) is 0 Å². The number of likely N-dealkylation sites (N-methyl/N-ethyl adjacent to an activating group) is 1. The van der Waals surface area contributed by atoms with E-state index < -0.39 is 11.9 Å². The molecule has 3 N–H and O–H groups in total. The summed E-state index contributed by atoms with van der Waals surface area (Å²) in [6.45, 7) is 4.17. The highest BCUT2D eigenvalue weighted by atomic mass is 35.5. The minimum Gasteiger partial charge on any atom is -0.495 e. The van der Waals surface area contributed by atoms with Crippen LogP contribution >= 0.6 is 11.6 Å². The summed E-state index contributed by atoms with van der Waals surface area (Å²) < 4.78 is 5.20. The molecule has 1 aromatic carbocycles. The summed E-state index contributed by atoms with van der Waals surface area (Å²) in [6.07, 6.45) is 3.15. The fourth-order valence-corrected chi connectivity index (χ4v) is 3.84. The van der Waals surface area contributed by atoms with Crippen LogP contribution in [0.5, 0.6) is 5.75 Å². The molecule has 0 radical (unpaired) electrons. The van der Waals surface area contributed by atoms with E-state index in [1.54, 1.807) is 25.2 Å². The molecule has 30 heavy (non-hydrogen) atoms. The maximum Gasteiger partial charge on any atom is 0.321 e. The minimum absolute atomic E-state index is 0.0398. The number of methoxy groups -OCH3 is 1. The quantitative estimate of drug-likeness (QED) is 0.607. The van der Waals surface area contributed by atoms with Crippen LogP contribution < -0.4 is 20.7 Å². The van der Waals surface area contributed by atoms with E-state index in [0.29, 0.717) is 28.3 Å². The second kappa shape index (κ2) is 11.2. The van der Waals surface area contributed by atoms with Crippen molar-refractivity contribution in [1.82, 2.24) is 15.5 Å². The molecule has 4 amide bonds. The van der Waals surface area contributed by atoms with Gasteiger partial charge in [0, 0.05) is 11.1 Å². The summed E-state index contributed by atoms with van der Waals surface area (Å²) in [5.41, 5.74) is 0.447. The van der Waals surface area contributed by atoms with Crippen LogP contribution in [0.15, 0.2) is 18.2 Å². The highest BCUT2D eigenvalue weighted by Crippen LogP contribution is 2.29. The zero-order valence-electron chi connectivity index (χ0n) is 18.0. The molecule has 1 aliphatic rings. The van der Waals surface area contributed by atoms with Crippen molar-refractivity contribution in [3.8, 4) is 5.75 Å². The first kappa shape index (κ1) is 24.0. The monoisotopic (exact) mass is 438 g/mol. The lowest BCUT2D eigenvalue weighted by atomic mass is 9.78. The number of carbonyl (C=O) groups excluding carboxylic acids is 3. The van der Waals surface area contributed by atoms with Crippen LogP contribution in [0.2, 0.25) is 5.02 Å². The van der Waals surface area contributed by atoms with Crippen molar-refractivity contribution in [2.75, 3.05) is 32.6 Å². The standard InChI is InChI=1S/C21H31ClN4O4/c1-13-6-5-7-16(14(13)2)24-21(29)25-20(28)12-26(3)11-19(27)23-17-10-15(22)8-9-18(17)30-4/h8-10,13-14,16H,5-7,11-12H2,1-4H3,(H,23,27)(H2,24,25,28,29)/t13-,14+,16+/m0/s1. The zero-order chi connectivity index (χ0) is 22.3. The van der Waals surface area contributed by atoms with E-state index in [1.165, 1.54) is 12.0 Å². The normalized spacial score (nSPS) is 21.1. The number of nitrogens with one attached hydrogen (secondary N) is 3. The van der Waals surface area contributed by atoms with E-state index in [-0.39, 0.29) is 25.0 Å². The number of halogens is 1. The van der Waals surface area contributed by atoms with Gasteiger partial charge in [-0.15, -0.1) is 0 Å². The van der Waals surface area contributed by atoms with E-state index >= 15 is 0 Å². The van der Waals surface area contributed by atoms with Gasteiger partial charge in [0.25, 0.3) is 0 Å². The van der Waals surface area contributed by atoms with Crippen molar-refractivity contribution < 1.29 is 19.1 Å². The number of imide groups is 1. The molecule has 0 spiro atoms. The Hall–Kier alpha value is -2.32. The van der Waals surface area contributed by atoms with Gasteiger partial charge in [0.1, 0.15) is 5.75 Å². The third-order valence-corrected chi connectivity index (χ3v) is 5.77. The summed E-state index contributed by atoms with van der Waals surface area (Å²) in [4.78, 5) is 38.1. The van der Waals surface area contributed by atoms with Gasteiger partial charge >= 0.3 is 6.03 Å². The Kier molecular flexibility index (Phi) is 8.92. The van der Waals surface area contributed by atoms with Crippen molar-refractivity contribution in [2.24, 2.45) is 11.8 Å². The Morgan fingerprint density at radius 1 is 1.17 bits per heavy atom. The Bertz CT molecular complexity index is 773. The first-order valence-electron chi connectivity index (χ1n) is 10.1. The first-order chi connectivity index (χ1) is 14.2. The average molecular weight is 439 g/mol. The molecule has 0 saturated heterocycles. The third-order valence-electron chi connectivity index (χ3n) is 5.54. The summed E-state index contributed by atoms with van der Waals surface area (Å²) in [6, 6.07) is 4.47. The smallest absolute Gasteiger partial charge is 0.321 e. The van der Waals surface area contributed by atoms with Crippen LogP contribution in [-0.2, 0) is 9.59 Å². The van der Waals surface area contributed by atoms with Gasteiger partial charge < -0.3 is 15.4 Å². The maximum atomic E-state index is 12.3. The number of carbonyl (C=O) groups is 3. The number of hydrogen-bond acceptors (Lipinski definition) is 5. The van der Waals surface area contributed by atoms with Crippen molar-refractivity contribution in [3.63, 3.8) is 0 Å². The van der Waals surface area contributed by atoms with Gasteiger partial charge in [-0.3, -0.25) is 19.8 Å². The van der Waals surface area contributed by atoms with Gasteiger partial charge in [-0.05, 0) is 43.5 Å². The van der Waals surface area contributed by atoms with Gasteiger partial charge in [-0.2, -0.15) is 0 Å². The van der Waals surface area contributed by atoms with Gasteiger partial charge in [0.2, 0.25) is 11.8 Å². The summed E-state index contributed by atoms with van der Waals surface area (Å²) in [5.74, 6) is 0.591. The molecule has 0 aromatic heterocycles. The predicted octanol–water partition coefficient (Wildman–Crippen LogP) is 2.87. The molecule has 8 nitrogen and oxygen atoms in total. The maximum absolute atomic E-state index is 12.3. The van der Waals surface area contributed by atoms with Crippen molar-refractivity contribution in [3.05, 3.63) is 23.2 Å². The van der Waals surface area contributed by atoms with Crippen molar-refractivity contribution in [1.29, 1.82) is 0 Å². The zero-order valence-corrected chi connectivity index (χ0v) is 18.7. The summed E-state index contributed by atoms with van der Waals surface area (Å²) in [5, 5.41) is 8.42. The SMILES string of the molecule is COc1ccc(Cl)cc1NC(=O)CN(C)CC(=O)NC(=O)N[C@@H]1CCC[C@H](C)[C@H]1C. The summed E-state index contributed by atoms with van der Waals surface area (Å²) in [7, 11) is 3.12. The van der Waals surface area contributed by atoms with E-state index in [4.69, 9.17) is 16.3 Å². The molecule has 0 bridgehead atoms. The largest absolute Gasteiger partial charge is 0.495 e. The lowest BCUT2D eigenvalue weighted by molar-refractivity contribution is -0.122. The van der Waals surface area contributed by atoms with Crippen LogP contribution in [0.25, 0.3) is 0 Å². The molecule has 1 saturated carbocycles.